The Hall–Kier alpha value is -2.96. The van der Waals surface area contributed by atoms with Gasteiger partial charge in [0.2, 0.25) is 4.80 Å². The van der Waals surface area contributed by atoms with Crippen LogP contribution < -0.4 is 9.54 Å². The largest absolute Gasteiger partial charge is 0.457 e. The van der Waals surface area contributed by atoms with Crippen molar-refractivity contribution in [3.05, 3.63) is 99.1 Å². The molecule has 0 aliphatic heterocycles. The molecule has 1 heterocycles. The molecule has 4 nitrogen and oxygen atoms in total. The molecule has 29 heavy (non-hydrogen) atoms. The fourth-order valence-electron chi connectivity index (χ4n) is 2.79. The highest BCUT2D eigenvalue weighted by molar-refractivity contribution is 9.10. The van der Waals surface area contributed by atoms with E-state index in [-0.39, 0.29) is 0 Å². The molecular weight excluding hydrogens is 446 g/mol. The number of nitrogens with zero attached hydrogens (tertiary/aromatic N) is 3. The third-order valence-electron chi connectivity index (χ3n) is 4.18. The number of rotatable bonds is 5. The predicted molar refractivity (Wildman–Crippen MR) is 123 cm³/mol. The van der Waals surface area contributed by atoms with E-state index in [1.54, 1.807) is 18.4 Å². The Morgan fingerprint density at radius 1 is 0.931 bits per heavy atom. The maximum absolute atomic E-state index is 5.92. The first-order chi connectivity index (χ1) is 14.2. The van der Waals surface area contributed by atoms with E-state index in [2.05, 4.69) is 38.4 Å². The Bertz CT molecular complexity index is 1190. The van der Waals surface area contributed by atoms with E-state index in [4.69, 9.17) is 9.84 Å². The minimum Gasteiger partial charge on any atom is -0.457 e. The van der Waals surface area contributed by atoms with E-state index in [9.17, 15) is 0 Å². The van der Waals surface area contributed by atoms with Gasteiger partial charge in [0.25, 0.3) is 0 Å². The van der Waals surface area contributed by atoms with Crippen molar-refractivity contribution >= 4 is 33.5 Å². The number of thiazole rings is 1. The molecule has 6 heteroatoms. The molecule has 0 N–H and O–H groups in total. The van der Waals surface area contributed by atoms with E-state index in [0.717, 1.165) is 37.6 Å². The van der Waals surface area contributed by atoms with Crippen LogP contribution in [-0.2, 0) is 0 Å². The molecule has 144 valence electrons. The fourth-order valence-corrected chi connectivity index (χ4v) is 3.86. The number of benzene rings is 3. The first-order valence-electron chi connectivity index (χ1n) is 8.99. The maximum atomic E-state index is 5.92. The summed E-state index contributed by atoms with van der Waals surface area (Å²) in [5.41, 5.74) is 3.02. The molecule has 0 saturated carbocycles. The quantitative estimate of drug-likeness (QED) is 0.325. The molecule has 0 aliphatic rings. The van der Waals surface area contributed by atoms with Crippen molar-refractivity contribution in [2.75, 3.05) is 7.05 Å². The molecule has 4 aromatic rings. The number of para-hydroxylation sites is 1. The van der Waals surface area contributed by atoms with Gasteiger partial charge in [-0.1, -0.05) is 58.4 Å². The highest BCUT2D eigenvalue weighted by Gasteiger charge is 2.07. The lowest BCUT2D eigenvalue weighted by Gasteiger charge is -2.06. The summed E-state index contributed by atoms with van der Waals surface area (Å²) in [6.07, 6.45) is 1.82. The van der Waals surface area contributed by atoms with Crippen molar-refractivity contribution < 1.29 is 4.74 Å². The zero-order chi connectivity index (χ0) is 20.1. The molecule has 0 fully saturated rings. The van der Waals surface area contributed by atoms with E-state index >= 15 is 0 Å². The number of aromatic nitrogens is 1. The highest BCUT2D eigenvalue weighted by atomic mass is 79.9. The zero-order valence-corrected chi connectivity index (χ0v) is 18.1. The lowest BCUT2D eigenvalue weighted by molar-refractivity contribution is 0.482. The summed E-state index contributed by atoms with van der Waals surface area (Å²) < 4.78 is 8.82. The molecule has 4 rings (SSSR count). The molecule has 0 atom stereocenters. The Kier molecular flexibility index (Phi) is 6.03. The molecule has 0 amide bonds. The standard InChI is InChI=1S/C23H18BrN3OS/c1-25-23-27(22(16-29-23)18-10-12-19(24)13-11-18)26-15-17-6-5-9-21(14-17)28-20-7-3-2-4-8-20/h2-16H,1H3. The Morgan fingerprint density at radius 3 is 2.45 bits per heavy atom. The second-order valence-electron chi connectivity index (χ2n) is 6.18. The van der Waals surface area contributed by atoms with Gasteiger partial charge in [-0.2, -0.15) is 5.10 Å². The van der Waals surface area contributed by atoms with Crippen LogP contribution in [0.15, 0.2) is 98.8 Å². The Morgan fingerprint density at radius 2 is 1.69 bits per heavy atom. The molecule has 3 aromatic carbocycles. The number of hydrogen-bond acceptors (Lipinski definition) is 4. The van der Waals surface area contributed by atoms with Crippen molar-refractivity contribution in [1.29, 1.82) is 0 Å². The van der Waals surface area contributed by atoms with Crippen molar-refractivity contribution in [3.8, 4) is 22.8 Å². The minimum absolute atomic E-state index is 0.768. The lowest BCUT2D eigenvalue weighted by Crippen LogP contribution is -2.11. The smallest absolute Gasteiger partial charge is 0.205 e. The van der Waals surface area contributed by atoms with Crippen LogP contribution in [0, 0.1) is 0 Å². The number of hydrogen-bond donors (Lipinski definition) is 0. The fraction of sp³-hybridized carbons (Fsp3) is 0.0435. The first kappa shape index (κ1) is 19.4. The van der Waals surface area contributed by atoms with Crippen LogP contribution >= 0.6 is 27.3 Å². The summed E-state index contributed by atoms with van der Waals surface area (Å²) in [7, 11) is 1.78. The van der Waals surface area contributed by atoms with Crippen LogP contribution in [-0.4, -0.2) is 17.9 Å². The molecular formula is C23H18BrN3OS. The summed E-state index contributed by atoms with van der Waals surface area (Å²) in [6, 6.07) is 25.7. The first-order valence-corrected chi connectivity index (χ1v) is 10.7. The van der Waals surface area contributed by atoms with Gasteiger partial charge in [-0.05, 0) is 42.0 Å². The van der Waals surface area contributed by atoms with Gasteiger partial charge < -0.3 is 4.74 Å². The summed E-state index contributed by atoms with van der Waals surface area (Å²) in [6.45, 7) is 0. The predicted octanol–water partition coefficient (Wildman–Crippen LogP) is 6.18. The summed E-state index contributed by atoms with van der Waals surface area (Å²) in [4.78, 5) is 5.18. The number of ether oxygens (including phenoxy) is 1. The monoisotopic (exact) mass is 463 g/mol. The number of halogens is 1. The highest BCUT2D eigenvalue weighted by Crippen LogP contribution is 2.23. The molecule has 0 radical (unpaired) electrons. The van der Waals surface area contributed by atoms with Crippen LogP contribution in [0.25, 0.3) is 11.3 Å². The summed E-state index contributed by atoms with van der Waals surface area (Å²) in [5, 5.41) is 6.76. The average Bonchev–Trinajstić information content (AvgIpc) is 3.17. The van der Waals surface area contributed by atoms with Crippen LogP contribution in [0.2, 0.25) is 0 Å². The molecule has 0 unspecified atom stereocenters. The van der Waals surface area contributed by atoms with Crippen LogP contribution in [0.3, 0.4) is 0 Å². The lowest BCUT2D eigenvalue weighted by atomic mass is 10.2. The van der Waals surface area contributed by atoms with E-state index in [1.165, 1.54) is 0 Å². The van der Waals surface area contributed by atoms with Gasteiger partial charge in [0.05, 0.1) is 11.9 Å². The SMILES string of the molecule is CN=c1scc(-c2ccc(Br)cc2)n1N=Cc1cccc(Oc2ccccc2)c1. The second kappa shape index (κ2) is 9.03. The molecule has 0 aliphatic carbocycles. The summed E-state index contributed by atoms with van der Waals surface area (Å²) >= 11 is 5.04. The third-order valence-corrected chi connectivity index (χ3v) is 5.61. The van der Waals surface area contributed by atoms with E-state index in [1.807, 2.05) is 77.6 Å². The van der Waals surface area contributed by atoms with E-state index in [0.29, 0.717) is 0 Å². The van der Waals surface area contributed by atoms with Crippen molar-refractivity contribution in [1.82, 2.24) is 4.68 Å². The van der Waals surface area contributed by atoms with Crippen molar-refractivity contribution in [2.45, 2.75) is 0 Å². The van der Waals surface area contributed by atoms with Gasteiger partial charge in [-0.15, -0.1) is 11.3 Å². The third kappa shape index (κ3) is 4.72. The van der Waals surface area contributed by atoms with Crippen molar-refractivity contribution in [2.24, 2.45) is 10.1 Å². The second-order valence-corrected chi connectivity index (χ2v) is 7.93. The minimum atomic E-state index is 0.768. The van der Waals surface area contributed by atoms with Gasteiger partial charge in [0.1, 0.15) is 11.5 Å². The Balaban J connectivity index is 1.63. The van der Waals surface area contributed by atoms with Gasteiger partial charge in [0.15, 0.2) is 0 Å². The normalized spacial score (nSPS) is 11.9. The Labute approximate surface area is 181 Å². The molecule has 1 aromatic heterocycles. The molecule has 0 saturated heterocycles. The average molecular weight is 464 g/mol. The van der Waals surface area contributed by atoms with Gasteiger partial charge in [-0.3, -0.25) is 4.99 Å². The molecule has 0 spiro atoms. The maximum Gasteiger partial charge on any atom is 0.205 e. The van der Waals surface area contributed by atoms with Crippen LogP contribution in [0.4, 0.5) is 0 Å². The zero-order valence-electron chi connectivity index (χ0n) is 15.7. The van der Waals surface area contributed by atoms with E-state index < -0.39 is 0 Å². The van der Waals surface area contributed by atoms with Gasteiger partial charge in [-0.25, -0.2) is 4.68 Å². The van der Waals surface area contributed by atoms with Crippen LogP contribution in [0.1, 0.15) is 5.56 Å². The summed E-state index contributed by atoms with van der Waals surface area (Å²) in [5.74, 6) is 1.57. The molecule has 0 bridgehead atoms. The van der Waals surface area contributed by atoms with Gasteiger partial charge in [0, 0.05) is 22.5 Å². The van der Waals surface area contributed by atoms with Crippen LogP contribution in [0.5, 0.6) is 11.5 Å². The topological polar surface area (TPSA) is 38.9 Å². The van der Waals surface area contributed by atoms with Crippen molar-refractivity contribution in [3.63, 3.8) is 0 Å². The van der Waals surface area contributed by atoms with Gasteiger partial charge >= 0.3 is 0 Å².